The summed E-state index contributed by atoms with van der Waals surface area (Å²) >= 11 is 0. The second-order valence-electron chi connectivity index (χ2n) is 3.47. The van der Waals surface area contributed by atoms with Crippen LogP contribution in [0.1, 0.15) is 23.2 Å². The molecule has 1 aromatic carbocycles. The first-order chi connectivity index (χ1) is 7.09. The molecule has 0 spiro atoms. The summed E-state index contributed by atoms with van der Waals surface area (Å²) in [7, 11) is 0. The fourth-order valence-corrected chi connectivity index (χ4v) is 1.19. The molecule has 2 nitrogen and oxygen atoms in total. The van der Waals surface area contributed by atoms with Gasteiger partial charge in [-0.25, -0.2) is 13.2 Å². The Morgan fingerprint density at radius 3 is 2.47 bits per heavy atom. The largest absolute Gasteiger partial charge is 0.349 e. The fraction of sp³-hybridized carbons (Fsp3) is 0.300. The minimum atomic E-state index is -1.61. The summed E-state index contributed by atoms with van der Waals surface area (Å²) in [6.45, 7) is 0. The highest BCUT2D eigenvalue weighted by molar-refractivity contribution is 5.94. The Morgan fingerprint density at radius 1 is 1.20 bits per heavy atom. The van der Waals surface area contributed by atoms with E-state index in [9.17, 15) is 18.0 Å². The zero-order chi connectivity index (χ0) is 11.0. The summed E-state index contributed by atoms with van der Waals surface area (Å²) in [5.41, 5.74) is -0.458. The molecule has 0 heterocycles. The Bertz CT molecular complexity index is 415. The van der Waals surface area contributed by atoms with Crippen LogP contribution in [0.5, 0.6) is 0 Å². The summed E-state index contributed by atoms with van der Waals surface area (Å²) in [5, 5.41) is 2.49. The molecular formula is C10H8F3NO. The Balaban J connectivity index is 2.26. The van der Waals surface area contributed by atoms with Gasteiger partial charge in [0.25, 0.3) is 5.91 Å². The van der Waals surface area contributed by atoms with Gasteiger partial charge in [-0.3, -0.25) is 4.79 Å². The number of benzene rings is 1. The monoisotopic (exact) mass is 215 g/mol. The molecule has 2 rings (SSSR count). The molecule has 1 amide bonds. The average Bonchev–Trinajstić information content (AvgIpc) is 2.98. The van der Waals surface area contributed by atoms with Crippen LogP contribution in [0.2, 0.25) is 0 Å². The predicted molar refractivity (Wildman–Crippen MR) is 46.8 cm³/mol. The lowest BCUT2D eigenvalue weighted by atomic mass is 10.2. The molecule has 1 saturated carbocycles. The lowest BCUT2D eigenvalue weighted by molar-refractivity contribution is 0.0945. The Labute approximate surface area is 84.1 Å². The summed E-state index contributed by atoms with van der Waals surface area (Å²) < 4.78 is 38.4. The van der Waals surface area contributed by atoms with Gasteiger partial charge < -0.3 is 5.32 Å². The molecule has 1 aliphatic carbocycles. The molecule has 1 aromatic rings. The molecule has 0 aliphatic heterocycles. The maximum Gasteiger partial charge on any atom is 0.254 e. The summed E-state index contributed by atoms with van der Waals surface area (Å²) in [6, 6.07) is 1.72. The summed E-state index contributed by atoms with van der Waals surface area (Å²) in [5.74, 6) is -5.05. The van der Waals surface area contributed by atoms with Crippen LogP contribution in [-0.4, -0.2) is 11.9 Å². The zero-order valence-corrected chi connectivity index (χ0v) is 7.69. The number of carbonyl (C=O) groups is 1. The number of rotatable bonds is 2. The van der Waals surface area contributed by atoms with Gasteiger partial charge in [0, 0.05) is 6.04 Å². The van der Waals surface area contributed by atoms with Gasteiger partial charge in [0.05, 0.1) is 5.56 Å². The third-order valence-corrected chi connectivity index (χ3v) is 2.19. The molecule has 0 bridgehead atoms. The van der Waals surface area contributed by atoms with E-state index in [1.54, 1.807) is 0 Å². The van der Waals surface area contributed by atoms with Gasteiger partial charge in [0.1, 0.15) is 0 Å². The molecule has 1 N–H and O–H groups in total. The second kappa shape index (κ2) is 3.56. The van der Waals surface area contributed by atoms with Crippen LogP contribution >= 0.6 is 0 Å². The molecule has 0 aromatic heterocycles. The van der Waals surface area contributed by atoms with Gasteiger partial charge in [0.15, 0.2) is 17.5 Å². The summed E-state index contributed by atoms with van der Waals surface area (Å²) in [4.78, 5) is 11.3. The van der Waals surface area contributed by atoms with Crippen molar-refractivity contribution in [1.29, 1.82) is 0 Å². The zero-order valence-electron chi connectivity index (χ0n) is 7.69. The van der Waals surface area contributed by atoms with Crippen molar-refractivity contribution in [3.05, 3.63) is 35.1 Å². The van der Waals surface area contributed by atoms with Crippen molar-refractivity contribution in [3.63, 3.8) is 0 Å². The van der Waals surface area contributed by atoms with E-state index in [1.807, 2.05) is 0 Å². The quantitative estimate of drug-likeness (QED) is 0.751. The van der Waals surface area contributed by atoms with E-state index in [-0.39, 0.29) is 6.04 Å². The lowest BCUT2D eigenvalue weighted by Gasteiger charge is -2.05. The highest BCUT2D eigenvalue weighted by Crippen LogP contribution is 2.21. The third kappa shape index (κ3) is 1.95. The number of halogens is 3. The smallest absolute Gasteiger partial charge is 0.254 e. The average molecular weight is 215 g/mol. The molecule has 1 fully saturated rings. The Hall–Kier alpha value is -1.52. The van der Waals surface area contributed by atoms with Crippen molar-refractivity contribution in [3.8, 4) is 0 Å². The Morgan fingerprint density at radius 2 is 1.87 bits per heavy atom. The van der Waals surface area contributed by atoms with Gasteiger partial charge in [-0.05, 0) is 25.0 Å². The third-order valence-electron chi connectivity index (χ3n) is 2.19. The first kappa shape index (κ1) is 10.0. The number of carbonyl (C=O) groups excluding carboxylic acids is 1. The maximum absolute atomic E-state index is 13.1. The van der Waals surface area contributed by atoms with Crippen molar-refractivity contribution in [2.75, 3.05) is 0 Å². The maximum atomic E-state index is 13.1. The van der Waals surface area contributed by atoms with E-state index in [4.69, 9.17) is 0 Å². The van der Waals surface area contributed by atoms with Crippen molar-refractivity contribution >= 4 is 5.91 Å². The van der Waals surface area contributed by atoms with Gasteiger partial charge in [-0.2, -0.15) is 0 Å². The van der Waals surface area contributed by atoms with E-state index < -0.39 is 28.9 Å². The SMILES string of the molecule is O=C(NC1CC1)c1ccc(F)c(F)c1F. The van der Waals surface area contributed by atoms with Crippen molar-refractivity contribution < 1.29 is 18.0 Å². The van der Waals surface area contributed by atoms with Gasteiger partial charge in [0.2, 0.25) is 0 Å². The standard InChI is InChI=1S/C10H8F3NO/c11-7-4-3-6(8(12)9(7)13)10(15)14-5-1-2-5/h3-5H,1-2H2,(H,14,15). The first-order valence-corrected chi connectivity index (χ1v) is 4.54. The second-order valence-corrected chi connectivity index (χ2v) is 3.47. The highest BCUT2D eigenvalue weighted by atomic mass is 19.2. The topological polar surface area (TPSA) is 29.1 Å². The molecule has 0 radical (unpaired) electrons. The molecule has 1 aliphatic rings. The lowest BCUT2D eigenvalue weighted by Crippen LogP contribution is -2.26. The van der Waals surface area contributed by atoms with E-state index in [2.05, 4.69) is 5.32 Å². The van der Waals surface area contributed by atoms with Crippen molar-refractivity contribution in [2.45, 2.75) is 18.9 Å². The molecule has 15 heavy (non-hydrogen) atoms. The number of hydrogen-bond donors (Lipinski definition) is 1. The molecule has 80 valence electrons. The molecular weight excluding hydrogens is 207 g/mol. The van der Waals surface area contributed by atoms with Crippen molar-refractivity contribution in [1.82, 2.24) is 5.32 Å². The van der Waals surface area contributed by atoms with Crippen LogP contribution < -0.4 is 5.32 Å². The van der Waals surface area contributed by atoms with Crippen molar-refractivity contribution in [2.24, 2.45) is 0 Å². The summed E-state index contributed by atoms with van der Waals surface area (Å²) in [6.07, 6.45) is 1.69. The van der Waals surface area contributed by atoms with E-state index in [0.717, 1.165) is 25.0 Å². The normalized spacial score (nSPS) is 15.1. The minimum absolute atomic E-state index is 0.0463. The molecule has 0 saturated heterocycles. The van der Waals surface area contributed by atoms with E-state index >= 15 is 0 Å². The van der Waals surface area contributed by atoms with Crippen LogP contribution in [0.25, 0.3) is 0 Å². The number of hydrogen-bond acceptors (Lipinski definition) is 1. The minimum Gasteiger partial charge on any atom is -0.349 e. The number of amides is 1. The molecule has 5 heteroatoms. The van der Waals surface area contributed by atoms with Gasteiger partial charge in [-0.1, -0.05) is 0 Å². The van der Waals surface area contributed by atoms with E-state index in [1.165, 1.54) is 0 Å². The van der Waals surface area contributed by atoms with Gasteiger partial charge >= 0.3 is 0 Å². The molecule has 0 unspecified atom stereocenters. The van der Waals surface area contributed by atoms with Crippen LogP contribution in [0.15, 0.2) is 12.1 Å². The highest BCUT2D eigenvalue weighted by Gasteiger charge is 2.26. The first-order valence-electron chi connectivity index (χ1n) is 4.54. The van der Waals surface area contributed by atoms with Gasteiger partial charge in [-0.15, -0.1) is 0 Å². The van der Waals surface area contributed by atoms with Crippen LogP contribution in [0.4, 0.5) is 13.2 Å². The van der Waals surface area contributed by atoms with E-state index in [0.29, 0.717) is 0 Å². The predicted octanol–water partition coefficient (Wildman–Crippen LogP) is 2.00. The van der Waals surface area contributed by atoms with Crippen LogP contribution in [-0.2, 0) is 0 Å². The van der Waals surface area contributed by atoms with Crippen LogP contribution in [0.3, 0.4) is 0 Å². The van der Waals surface area contributed by atoms with Crippen LogP contribution in [0, 0.1) is 17.5 Å². The fourth-order valence-electron chi connectivity index (χ4n) is 1.19. The Kier molecular flexibility index (Phi) is 2.38. The number of nitrogens with one attached hydrogen (secondary N) is 1. The molecule has 0 atom stereocenters.